The molecule has 1 N–H and O–H groups in total. The lowest BCUT2D eigenvalue weighted by molar-refractivity contribution is -0.120. The summed E-state index contributed by atoms with van der Waals surface area (Å²) in [6.45, 7) is 9.11. The van der Waals surface area contributed by atoms with Crippen molar-refractivity contribution in [3.8, 4) is 0 Å². The van der Waals surface area contributed by atoms with Crippen LogP contribution in [0.4, 0.5) is 11.4 Å². The molecule has 2 aromatic heterocycles. The highest BCUT2D eigenvalue weighted by atomic mass is 35.5. The lowest BCUT2D eigenvalue weighted by atomic mass is 9.94. The van der Waals surface area contributed by atoms with Crippen LogP contribution in [0.15, 0.2) is 24.4 Å². The van der Waals surface area contributed by atoms with Crippen molar-refractivity contribution in [2.45, 2.75) is 46.5 Å². The summed E-state index contributed by atoms with van der Waals surface area (Å²) < 4.78 is 4.53. The van der Waals surface area contributed by atoms with Crippen molar-refractivity contribution < 1.29 is 9.59 Å². The number of piperidine rings is 2. The molecule has 4 heterocycles. The molecule has 2 saturated heterocycles. The molecule has 0 radical (unpaired) electrons. The van der Waals surface area contributed by atoms with E-state index < -0.39 is 0 Å². The molecule has 190 valence electrons. The van der Waals surface area contributed by atoms with Crippen molar-refractivity contribution in [3.05, 3.63) is 46.2 Å². The molecule has 2 amide bonds. The molecule has 3 aromatic rings. The van der Waals surface area contributed by atoms with Crippen molar-refractivity contribution in [3.63, 3.8) is 0 Å². The number of rotatable bonds is 4. The third kappa shape index (κ3) is 4.93. The molecule has 0 atom stereocenters. The van der Waals surface area contributed by atoms with Crippen LogP contribution >= 0.6 is 23.1 Å². The van der Waals surface area contributed by atoms with Crippen LogP contribution in [0.2, 0.25) is 5.02 Å². The second kappa shape index (κ2) is 10.3. The predicted octanol–water partition coefficient (Wildman–Crippen LogP) is 5.69. The van der Waals surface area contributed by atoms with E-state index in [9.17, 15) is 9.59 Å². The summed E-state index contributed by atoms with van der Waals surface area (Å²) in [5.74, 6) is 0.621. The van der Waals surface area contributed by atoms with Crippen LogP contribution in [0, 0.1) is 25.7 Å². The fourth-order valence-corrected chi connectivity index (χ4v) is 6.12. The normalized spacial score (nSPS) is 17.6. The number of aromatic nitrogens is 2. The topological polar surface area (TPSA) is 78.4 Å². The third-order valence-electron chi connectivity index (χ3n) is 7.57. The first-order valence-corrected chi connectivity index (χ1v) is 13.8. The number of nitrogens with one attached hydrogen (secondary N) is 1. The maximum Gasteiger partial charge on any atom is 0.257 e. The molecule has 2 fully saturated rings. The second-order valence-electron chi connectivity index (χ2n) is 10.2. The molecule has 0 bridgehead atoms. The third-order valence-corrected chi connectivity index (χ3v) is 8.82. The molecule has 36 heavy (non-hydrogen) atoms. The van der Waals surface area contributed by atoms with Gasteiger partial charge in [-0.05, 0) is 74.7 Å². The minimum absolute atomic E-state index is 0.0153. The highest BCUT2D eigenvalue weighted by molar-refractivity contribution is 7.13. The number of benzene rings is 1. The quantitative estimate of drug-likeness (QED) is 0.473. The van der Waals surface area contributed by atoms with Crippen molar-refractivity contribution in [2.24, 2.45) is 11.8 Å². The van der Waals surface area contributed by atoms with Gasteiger partial charge in [0.1, 0.15) is 4.83 Å². The van der Waals surface area contributed by atoms with Gasteiger partial charge in [0, 0.05) is 49.0 Å². The van der Waals surface area contributed by atoms with E-state index in [1.165, 1.54) is 11.5 Å². The number of pyridine rings is 1. The van der Waals surface area contributed by atoms with Crippen LogP contribution in [0.5, 0.6) is 0 Å². The number of halogens is 1. The molecule has 1 aromatic carbocycles. The molecular weight excluding hydrogens is 494 g/mol. The van der Waals surface area contributed by atoms with Gasteiger partial charge in [-0.3, -0.25) is 9.59 Å². The van der Waals surface area contributed by atoms with Crippen LogP contribution < -0.4 is 10.2 Å². The van der Waals surface area contributed by atoms with E-state index in [2.05, 4.69) is 26.5 Å². The van der Waals surface area contributed by atoms with Crippen molar-refractivity contribution in [1.82, 2.24) is 14.3 Å². The number of anilines is 2. The van der Waals surface area contributed by atoms with Gasteiger partial charge in [0.05, 0.1) is 22.3 Å². The molecule has 0 unspecified atom stereocenters. The SMILES string of the molecule is Cc1ccc(NC(=O)C2CCN(c3c(C(=O)N4CCC(C)CC4)cnc4snc(C)c34)CC2)cc1Cl. The number of carbonyl (C=O) groups excluding carboxylic acids is 2. The zero-order valence-electron chi connectivity index (χ0n) is 21.0. The van der Waals surface area contributed by atoms with Gasteiger partial charge < -0.3 is 15.1 Å². The summed E-state index contributed by atoms with van der Waals surface area (Å²) in [5, 5.41) is 4.63. The lowest BCUT2D eigenvalue weighted by Gasteiger charge is -2.36. The summed E-state index contributed by atoms with van der Waals surface area (Å²) >= 11 is 7.60. The van der Waals surface area contributed by atoms with Gasteiger partial charge >= 0.3 is 0 Å². The second-order valence-corrected chi connectivity index (χ2v) is 11.3. The van der Waals surface area contributed by atoms with E-state index >= 15 is 0 Å². The number of carbonyl (C=O) groups is 2. The van der Waals surface area contributed by atoms with E-state index in [1.807, 2.05) is 30.9 Å². The molecule has 5 rings (SSSR count). The largest absolute Gasteiger partial charge is 0.370 e. The van der Waals surface area contributed by atoms with Gasteiger partial charge in [0.15, 0.2) is 0 Å². The van der Waals surface area contributed by atoms with Crippen molar-refractivity contribution in [2.75, 3.05) is 36.4 Å². The smallest absolute Gasteiger partial charge is 0.257 e. The molecular formula is C27H32ClN5O2S. The van der Waals surface area contributed by atoms with Crippen LogP contribution in [-0.2, 0) is 4.79 Å². The first kappa shape index (κ1) is 25.0. The summed E-state index contributed by atoms with van der Waals surface area (Å²) in [6, 6.07) is 5.59. The zero-order valence-corrected chi connectivity index (χ0v) is 22.6. The first-order valence-electron chi connectivity index (χ1n) is 12.7. The van der Waals surface area contributed by atoms with Gasteiger partial charge in [0.25, 0.3) is 5.91 Å². The Balaban J connectivity index is 1.35. The van der Waals surface area contributed by atoms with Crippen molar-refractivity contribution >= 4 is 56.5 Å². The number of nitrogens with zero attached hydrogens (tertiary/aromatic N) is 4. The summed E-state index contributed by atoms with van der Waals surface area (Å²) in [7, 11) is 0. The lowest BCUT2D eigenvalue weighted by Crippen LogP contribution is -2.41. The Hall–Kier alpha value is -2.71. The van der Waals surface area contributed by atoms with Crippen LogP contribution in [0.3, 0.4) is 0 Å². The Morgan fingerprint density at radius 2 is 1.81 bits per heavy atom. The summed E-state index contributed by atoms with van der Waals surface area (Å²) in [6.07, 6.45) is 5.21. The Bertz CT molecular complexity index is 1290. The number of hydrogen-bond donors (Lipinski definition) is 1. The molecule has 0 spiro atoms. The van der Waals surface area contributed by atoms with Gasteiger partial charge in [-0.25, -0.2) is 4.98 Å². The maximum absolute atomic E-state index is 13.6. The molecule has 0 aliphatic carbocycles. The van der Waals surface area contributed by atoms with Gasteiger partial charge in [-0.1, -0.05) is 24.6 Å². The molecule has 2 aliphatic rings. The molecule has 9 heteroatoms. The highest BCUT2D eigenvalue weighted by Gasteiger charge is 2.31. The average molecular weight is 526 g/mol. The van der Waals surface area contributed by atoms with Gasteiger partial charge in [-0.15, -0.1) is 0 Å². The number of aryl methyl sites for hydroxylation is 2. The monoisotopic (exact) mass is 525 g/mol. The van der Waals surface area contributed by atoms with E-state index in [0.717, 1.165) is 58.8 Å². The van der Waals surface area contributed by atoms with Crippen molar-refractivity contribution in [1.29, 1.82) is 0 Å². The fraction of sp³-hybridized carbons (Fsp3) is 0.481. The number of fused-ring (bicyclic) bond motifs is 1. The Labute approximate surface area is 221 Å². The fourth-order valence-electron chi connectivity index (χ4n) is 5.18. The Morgan fingerprint density at radius 3 is 2.50 bits per heavy atom. The van der Waals surface area contributed by atoms with Gasteiger partial charge in [0.2, 0.25) is 5.91 Å². The van der Waals surface area contributed by atoms with E-state index in [0.29, 0.717) is 42.4 Å². The number of likely N-dealkylation sites (tertiary alicyclic amines) is 1. The van der Waals surface area contributed by atoms with E-state index in [4.69, 9.17) is 11.6 Å². The Morgan fingerprint density at radius 1 is 1.08 bits per heavy atom. The maximum atomic E-state index is 13.6. The van der Waals surface area contributed by atoms with Gasteiger partial charge in [-0.2, -0.15) is 4.37 Å². The van der Waals surface area contributed by atoms with Crippen LogP contribution in [0.25, 0.3) is 10.2 Å². The standard InChI is InChI=1S/C27H32ClN5O2S/c1-16-6-10-33(11-7-16)27(35)21-15-29-26-23(18(3)31-36-26)24(21)32-12-8-19(9-13-32)25(34)30-20-5-4-17(2)22(28)14-20/h4-5,14-16,19H,6-13H2,1-3H3,(H,30,34). The Kier molecular flexibility index (Phi) is 7.17. The molecule has 0 saturated carbocycles. The summed E-state index contributed by atoms with van der Waals surface area (Å²) in [5.41, 5.74) is 4.18. The number of hydrogen-bond acceptors (Lipinski definition) is 6. The van der Waals surface area contributed by atoms with E-state index in [-0.39, 0.29) is 17.7 Å². The van der Waals surface area contributed by atoms with E-state index in [1.54, 1.807) is 12.3 Å². The van der Waals surface area contributed by atoms with Crippen LogP contribution in [-0.4, -0.2) is 52.3 Å². The zero-order chi connectivity index (χ0) is 25.4. The highest BCUT2D eigenvalue weighted by Crippen LogP contribution is 2.37. The average Bonchev–Trinajstić information content (AvgIpc) is 3.26. The van der Waals surface area contributed by atoms with Crippen LogP contribution in [0.1, 0.15) is 54.2 Å². The number of amides is 2. The summed E-state index contributed by atoms with van der Waals surface area (Å²) in [4.78, 5) is 36.3. The predicted molar refractivity (Wildman–Crippen MR) is 146 cm³/mol. The minimum Gasteiger partial charge on any atom is -0.370 e. The molecule has 2 aliphatic heterocycles. The first-order chi connectivity index (χ1) is 17.3. The minimum atomic E-state index is -0.0944. The molecule has 7 nitrogen and oxygen atoms in total.